The van der Waals surface area contributed by atoms with Crippen molar-refractivity contribution in [2.24, 2.45) is 5.84 Å². The highest BCUT2D eigenvalue weighted by molar-refractivity contribution is 6.21. The maximum atomic E-state index is 6.47. The molecule has 26 heavy (non-hydrogen) atoms. The number of benzene rings is 3. The van der Waals surface area contributed by atoms with Crippen molar-refractivity contribution >= 4 is 33.2 Å². The Bertz CT molecular complexity index is 1160. The molecule has 0 atom stereocenters. The summed E-state index contributed by atoms with van der Waals surface area (Å²) in [7, 11) is 3.35. The van der Waals surface area contributed by atoms with Crippen molar-refractivity contribution in [3.63, 3.8) is 0 Å². The van der Waals surface area contributed by atoms with E-state index in [1.54, 1.807) is 19.2 Å². The van der Waals surface area contributed by atoms with E-state index < -0.39 is 0 Å². The highest BCUT2D eigenvalue weighted by Crippen LogP contribution is 2.53. The van der Waals surface area contributed by atoms with Gasteiger partial charge >= 0.3 is 0 Å². The van der Waals surface area contributed by atoms with Crippen LogP contribution >= 0.6 is 0 Å². The third kappa shape index (κ3) is 1.80. The second kappa shape index (κ2) is 5.34. The lowest BCUT2D eigenvalue weighted by Crippen LogP contribution is -2.28. The van der Waals surface area contributed by atoms with E-state index in [0.29, 0.717) is 0 Å². The fourth-order valence-electron chi connectivity index (χ4n) is 3.89. The number of rotatable bonds is 2. The van der Waals surface area contributed by atoms with Gasteiger partial charge in [0.15, 0.2) is 0 Å². The predicted molar refractivity (Wildman–Crippen MR) is 104 cm³/mol. The quantitative estimate of drug-likeness (QED) is 0.432. The van der Waals surface area contributed by atoms with Gasteiger partial charge in [-0.05, 0) is 36.4 Å². The molecule has 4 aromatic rings. The SMILES string of the molecule is COc1cccc2c1-c1c3c(OC)cccc3nc3cccc(c13)N2N. The van der Waals surface area contributed by atoms with Gasteiger partial charge in [-0.15, -0.1) is 0 Å². The summed E-state index contributed by atoms with van der Waals surface area (Å²) in [6.07, 6.45) is 0. The average Bonchev–Trinajstić information content (AvgIpc) is 2.69. The number of ether oxygens (including phenoxy) is 2. The molecule has 2 heterocycles. The number of anilines is 2. The maximum absolute atomic E-state index is 6.47. The van der Waals surface area contributed by atoms with E-state index in [-0.39, 0.29) is 0 Å². The summed E-state index contributed by atoms with van der Waals surface area (Å²) in [5.41, 5.74) is 5.59. The van der Waals surface area contributed by atoms with Crippen molar-refractivity contribution in [3.8, 4) is 22.6 Å². The molecule has 0 saturated carbocycles. The molecule has 1 aliphatic rings. The summed E-state index contributed by atoms with van der Waals surface area (Å²) >= 11 is 0. The van der Waals surface area contributed by atoms with Crippen LogP contribution in [0, 0.1) is 0 Å². The molecule has 5 nitrogen and oxygen atoms in total. The minimum Gasteiger partial charge on any atom is -0.496 e. The number of fused-ring (bicyclic) bond motifs is 4. The first kappa shape index (κ1) is 15.0. The van der Waals surface area contributed by atoms with Crippen LogP contribution in [0.2, 0.25) is 0 Å². The molecule has 0 saturated heterocycles. The second-order valence-electron chi connectivity index (χ2n) is 6.24. The molecule has 3 aromatic carbocycles. The molecule has 1 aliphatic heterocycles. The highest BCUT2D eigenvalue weighted by Gasteiger charge is 2.29. The van der Waals surface area contributed by atoms with Crippen LogP contribution in [0.4, 0.5) is 11.4 Å². The fourth-order valence-corrected chi connectivity index (χ4v) is 3.89. The van der Waals surface area contributed by atoms with E-state index in [2.05, 4.69) is 0 Å². The van der Waals surface area contributed by atoms with E-state index >= 15 is 0 Å². The van der Waals surface area contributed by atoms with Crippen molar-refractivity contribution in [1.82, 2.24) is 4.98 Å². The molecular formula is C21H17N3O2. The molecular weight excluding hydrogens is 326 g/mol. The topological polar surface area (TPSA) is 60.6 Å². The van der Waals surface area contributed by atoms with Crippen molar-refractivity contribution < 1.29 is 9.47 Å². The normalized spacial score (nSPS) is 12.3. The smallest absolute Gasteiger partial charge is 0.128 e. The average molecular weight is 343 g/mol. The third-order valence-corrected chi connectivity index (χ3v) is 4.98. The number of aromatic nitrogens is 1. The summed E-state index contributed by atoms with van der Waals surface area (Å²) in [5, 5.41) is 3.67. The molecule has 0 fully saturated rings. The van der Waals surface area contributed by atoms with Crippen molar-refractivity contribution in [3.05, 3.63) is 54.6 Å². The molecule has 0 spiro atoms. The Morgan fingerprint density at radius 2 is 1.35 bits per heavy atom. The number of hydrazine groups is 1. The first-order valence-electron chi connectivity index (χ1n) is 8.36. The molecule has 0 bridgehead atoms. The van der Waals surface area contributed by atoms with Gasteiger partial charge in [0.25, 0.3) is 0 Å². The Morgan fingerprint density at radius 3 is 2.12 bits per heavy atom. The minimum atomic E-state index is 0.771. The number of methoxy groups -OCH3 is 2. The lowest BCUT2D eigenvalue weighted by molar-refractivity contribution is 0.416. The Morgan fingerprint density at radius 1 is 0.731 bits per heavy atom. The zero-order valence-electron chi connectivity index (χ0n) is 14.5. The Hall–Kier alpha value is -3.31. The Kier molecular flexibility index (Phi) is 3.08. The first-order chi connectivity index (χ1) is 12.7. The van der Waals surface area contributed by atoms with Gasteiger partial charge in [0.05, 0.1) is 47.6 Å². The fraction of sp³-hybridized carbons (Fsp3) is 0.0952. The van der Waals surface area contributed by atoms with E-state index in [0.717, 1.165) is 55.8 Å². The van der Waals surface area contributed by atoms with Crippen LogP contribution in [0.3, 0.4) is 0 Å². The van der Waals surface area contributed by atoms with Crippen LogP contribution in [-0.4, -0.2) is 19.2 Å². The molecule has 5 heteroatoms. The Labute approximate surface area is 150 Å². The number of hydrogen-bond donors (Lipinski definition) is 1. The maximum Gasteiger partial charge on any atom is 0.128 e. The van der Waals surface area contributed by atoms with Crippen LogP contribution in [0.5, 0.6) is 11.5 Å². The molecule has 5 rings (SSSR count). The monoisotopic (exact) mass is 343 g/mol. The van der Waals surface area contributed by atoms with Gasteiger partial charge in [0, 0.05) is 10.9 Å². The van der Waals surface area contributed by atoms with Crippen LogP contribution in [-0.2, 0) is 0 Å². The number of nitrogens with zero attached hydrogens (tertiary/aromatic N) is 2. The third-order valence-electron chi connectivity index (χ3n) is 4.98. The van der Waals surface area contributed by atoms with Gasteiger partial charge < -0.3 is 9.47 Å². The van der Waals surface area contributed by atoms with E-state index in [1.807, 2.05) is 54.6 Å². The number of nitrogens with two attached hydrogens (primary N) is 1. The lowest BCUT2D eigenvalue weighted by atomic mass is 9.89. The van der Waals surface area contributed by atoms with Crippen molar-refractivity contribution in [2.45, 2.75) is 0 Å². The van der Waals surface area contributed by atoms with Crippen LogP contribution in [0.15, 0.2) is 54.6 Å². The summed E-state index contributed by atoms with van der Waals surface area (Å²) in [5.74, 6) is 8.03. The summed E-state index contributed by atoms with van der Waals surface area (Å²) < 4.78 is 11.4. The Balaban J connectivity index is 2.11. The van der Waals surface area contributed by atoms with E-state index in [1.165, 1.54) is 0 Å². The van der Waals surface area contributed by atoms with E-state index in [4.69, 9.17) is 20.3 Å². The molecule has 0 aliphatic carbocycles. The zero-order valence-corrected chi connectivity index (χ0v) is 14.5. The summed E-state index contributed by atoms with van der Waals surface area (Å²) in [6, 6.07) is 17.8. The van der Waals surface area contributed by atoms with Crippen molar-refractivity contribution in [2.75, 3.05) is 19.2 Å². The first-order valence-corrected chi connectivity index (χ1v) is 8.36. The molecule has 0 unspecified atom stereocenters. The largest absolute Gasteiger partial charge is 0.496 e. The van der Waals surface area contributed by atoms with Gasteiger partial charge in [-0.1, -0.05) is 18.2 Å². The lowest BCUT2D eigenvalue weighted by Gasteiger charge is -2.31. The molecule has 2 N–H and O–H groups in total. The van der Waals surface area contributed by atoms with Gasteiger partial charge in [0.2, 0.25) is 0 Å². The molecule has 1 aromatic heterocycles. The summed E-state index contributed by atoms with van der Waals surface area (Å²) in [6.45, 7) is 0. The van der Waals surface area contributed by atoms with Crippen LogP contribution in [0.1, 0.15) is 0 Å². The van der Waals surface area contributed by atoms with Crippen molar-refractivity contribution in [1.29, 1.82) is 0 Å². The highest BCUT2D eigenvalue weighted by atomic mass is 16.5. The van der Waals surface area contributed by atoms with Gasteiger partial charge in [-0.3, -0.25) is 5.01 Å². The molecule has 0 amide bonds. The minimum absolute atomic E-state index is 0.771. The summed E-state index contributed by atoms with van der Waals surface area (Å²) in [4.78, 5) is 4.85. The molecule has 128 valence electrons. The predicted octanol–water partition coefficient (Wildman–Crippen LogP) is 4.40. The second-order valence-corrected chi connectivity index (χ2v) is 6.24. The van der Waals surface area contributed by atoms with E-state index in [9.17, 15) is 0 Å². The van der Waals surface area contributed by atoms with Gasteiger partial charge in [-0.2, -0.15) is 0 Å². The van der Waals surface area contributed by atoms with Crippen LogP contribution < -0.4 is 20.3 Å². The van der Waals surface area contributed by atoms with Gasteiger partial charge in [0.1, 0.15) is 11.5 Å². The number of hydrogen-bond acceptors (Lipinski definition) is 5. The van der Waals surface area contributed by atoms with Crippen LogP contribution in [0.25, 0.3) is 32.9 Å². The van der Waals surface area contributed by atoms with Gasteiger partial charge in [-0.25, -0.2) is 10.8 Å². The number of pyridine rings is 1. The molecule has 0 radical (unpaired) electrons. The zero-order chi connectivity index (χ0) is 17.8. The standard InChI is InChI=1S/C21H17N3O2/c1-25-16-10-4-7-13-19(16)21-18-12(23-13)6-3-8-14(18)24(22)15-9-5-11-17(26-2)20(15)21/h3-11H,22H2,1-2H3.